The van der Waals surface area contributed by atoms with Crippen LogP contribution in [0.15, 0.2) is 40.6 Å². The van der Waals surface area contributed by atoms with Crippen molar-refractivity contribution in [3.05, 3.63) is 47.0 Å². The van der Waals surface area contributed by atoms with Crippen molar-refractivity contribution in [1.82, 2.24) is 0 Å². The molecule has 1 amide bonds. The molecule has 1 heterocycles. The molecule has 1 aromatic carbocycles. The van der Waals surface area contributed by atoms with Crippen LogP contribution in [0.5, 0.6) is 0 Å². The van der Waals surface area contributed by atoms with Crippen LogP contribution in [0.4, 0.5) is 0 Å². The number of hydrogen-bond donors (Lipinski definition) is 0. The second-order valence-electron chi connectivity index (χ2n) is 3.54. The number of hydrogen-bond acceptors (Lipinski definition) is 3. The molecule has 0 spiro atoms. The van der Waals surface area contributed by atoms with E-state index in [4.69, 9.17) is 5.26 Å². The van der Waals surface area contributed by atoms with Gasteiger partial charge in [0.05, 0.1) is 11.6 Å². The molecule has 0 fully saturated rings. The fourth-order valence-electron chi connectivity index (χ4n) is 1.54. The Bertz CT molecular complexity index is 522. The zero-order valence-corrected chi connectivity index (χ0v) is 8.71. The lowest BCUT2D eigenvalue weighted by atomic mass is 10.0. The number of rotatable bonds is 1. The molecule has 78 valence electrons. The monoisotopic (exact) mass is 211 g/mol. The molecule has 4 heteroatoms. The maximum atomic E-state index is 10.8. The number of aryl methyl sites for hydroxylation is 1. The summed E-state index contributed by atoms with van der Waals surface area (Å²) < 4.78 is 0. The molecule has 1 unspecified atom stereocenters. The highest BCUT2D eigenvalue weighted by molar-refractivity contribution is 5.88. The first-order valence-electron chi connectivity index (χ1n) is 4.84. The second-order valence-corrected chi connectivity index (χ2v) is 3.54. The van der Waals surface area contributed by atoms with Crippen molar-refractivity contribution in [1.29, 1.82) is 5.26 Å². The van der Waals surface area contributed by atoms with Gasteiger partial charge in [0.1, 0.15) is 6.04 Å². The standard InChI is InChI=1S/C12H9N3O/c1-8-6-9(2-3-10(8)7-13)11-4-5-12(16)15-14-11/h2-6,11H,1H3. The van der Waals surface area contributed by atoms with E-state index in [1.54, 1.807) is 12.1 Å². The minimum atomic E-state index is -0.332. The summed E-state index contributed by atoms with van der Waals surface area (Å²) in [6.45, 7) is 1.87. The average molecular weight is 211 g/mol. The van der Waals surface area contributed by atoms with Crippen LogP contribution in [0.2, 0.25) is 0 Å². The van der Waals surface area contributed by atoms with Gasteiger partial charge in [0.15, 0.2) is 0 Å². The Morgan fingerprint density at radius 1 is 1.44 bits per heavy atom. The molecule has 0 radical (unpaired) electrons. The van der Waals surface area contributed by atoms with Crippen LogP contribution in [-0.2, 0) is 4.79 Å². The van der Waals surface area contributed by atoms with Crippen molar-refractivity contribution in [2.45, 2.75) is 13.0 Å². The van der Waals surface area contributed by atoms with Crippen LogP contribution >= 0.6 is 0 Å². The molecule has 1 aromatic rings. The van der Waals surface area contributed by atoms with Gasteiger partial charge in [-0.05, 0) is 30.2 Å². The predicted octanol–water partition coefficient (Wildman–Crippen LogP) is 2.46. The third kappa shape index (κ3) is 1.89. The van der Waals surface area contributed by atoms with Gasteiger partial charge in [-0.25, -0.2) is 0 Å². The van der Waals surface area contributed by atoms with E-state index >= 15 is 0 Å². The molecule has 1 atom stereocenters. The van der Waals surface area contributed by atoms with Crippen molar-refractivity contribution in [3.63, 3.8) is 0 Å². The largest absolute Gasteiger partial charge is 0.287 e. The van der Waals surface area contributed by atoms with E-state index in [1.807, 2.05) is 19.1 Å². The van der Waals surface area contributed by atoms with Crippen molar-refractivity contribution in [2.75, 3.05) is 0 Å². The summed E-state index contributed by atoms with van der Waals surface area (Å²) in [5.74, 6) is -0.332. The summed E-state index contributed by atoms with van der Waals surface area (Å²) in [6.07, 6.45) is 3.11. The van der Waals surface area contributed by atoms with Gasteiger partial charge < -0.3 is 0 Å². The predicted molar refractivity (Wildman–Crippen MR) is 57.6 cm³/mol. The van der Waals surface area contributed by atoms with Crippen LogP contribution < -0.4 is 0 Å². The Balaban J connectivity index is 2.33. The van der Waals surface area contributed by atoms with Crippen LogP contribution in [0, 0.1) is 18.3 Å². The maximum Gasteiger partial charge on any atom is 0.287 e. The summed E-state index contributed by atoms with van der Waals surface area (Å²) >= 11 is 0. The van der Waals surface area contributed by atoms with Crippen molar-refractivity contribution < 1.29 is 4.79 Å². The SMILES string of the molecule is Cc1cc(C2C=CC(=O)N=N2)ccc1C#N. The first-order chi connectivity index (χ1) is 7.70. The lowest BCUT2D eigenvalue weighted by molar-refractivity contribution is -0.114. The number of benzene rings is 1. The summed E-state index contributed by atoms with van der Waals surface area (Å²) in [5.41, 5.74) is 2.49. The van der Waals surface area contributed by atoms with Gasteiger partial charge in [-0.15, -0.1) is 5.11 Å². The van der Waals surface area contributed by atoms with Gasteiger partial charge in [0.25, 0.3) is 5.91 Å². The Hall–Kier alpha value is -2.28. The minimum absolute atomic E-state index is 0.218. The Labute approximate surface area is 92.9 Å². The fourth-order valence-corrected chi connectivity index (χ4v) is 1.54. The number of nitrogens with zero attached hydrogens (tertiary/aromatic N) is 3. The summed E-state index contributed by atoms with van der Waals surface area (Å²) in [7, 11) is 0. The highest BCUT2D eigenvalue weighted by Gasteiger charge is 2.12. The first kappa shape index (κ1) is 10.2. The Morgan fingerprint density at radius 2 is 2.25 bits per heavy atom. The molecule has 0 N–H and O–H groups in total. The third-order valence-corrected chi connectivity index (χ3v) is 2.41. The fraction of sp³-hybridized carbons (Fsp3) is 0.167. The number of carbonyl (C=O) groups is 1. The van der Waals surface area contributed by atoms with Crippen molar-refractivity contribution in [2.24, 2.45) is 10.2 Å². The number of amides is 1. The van der Waals surface area contributed by atoms with E-state index in [0.29, 0.717) is 5.56 Å². The number of azo groups is 1. The van der Waals surface area contributed by atoms with Crippen LogP contribution in [0.3, 0.4) is 0 Å². The normalized spacial score (nSPS) is 18.5. The lowest BCUT2D eigenvalue weighted by Crippen LogP contribution is -1.99. The molecule has 1 aliphatic heterocycles. The Kier molecular flexibility index (Phi) is 2.61. The molecule has 0 bridgehead atoms. The van der Waals surface area contributed by atoms with Gasteiger partial charge in [-0.3, -0.25) is 4.79 Å². The number of carbonyl (C=O) groups excluding carboxylic acids is 1. The highest BCUT2D eigenvalue weighted by Crippen LogP contribution is 2.24. The van der Waals surface area contributed by atoms with Gasteiger partial charge in [0, 0.05) is 6.08 Å². The van der Waals surface area contributed by atoms with Crippen LogP contribution in [0.1, 0.15) is 22.7 Å². The van der Waals surface area contributed by atoms with Crippen molar-refractivity contribution >= 4 is 5.91 Å². The number of nitriles is 1. The van der Waals surface area contributed by atoms with Crippen LogP contribution in [0.25, 0.3) is 0 Å². The van der Waals surface area contributed by atoms with E-state index in [-0.39, 0.29) is 11.9 Å². The van der Waals surface area contributed by atoms with Gasteiger partial charge in [-0.1, -0.05) is 12.1 Å². The first-order valence-corrected chi connectivity index (χ1v) is 4.84. The average Bonchev–Trinajstić information content (AvgIpc) is 2.30. The molecule has 2 rings (SSSR count). The topological polar surface area (TPSA) is 65.6 Å². The lowest BCUT2D eigenvalue weighted by Gasteiger charge is -2.10. The molecule has 1 aliphatic rings. The third-order valence-electron chi connectivity index (χ3n) is 2.41. The molecule has 0 aliphatic carbocycles. The molecule has 4 nitrogen and oxygen atoms in total. The van der Waals surface area contributed by atoms with Crippen LogP contribution in [-0.4, -0.2) is 5.91 Å². The van der Waals surface area contributed by atoms with E-state index in [2.05, 4.69) is 16.3 Å². The van der Waals surface area contributed by atoms with E-state index in [9.17, 15) is 4.79 Å². The zero-order valence-electron chi connectivity index (χ0n) is 8.71. The molecule has 0 saturated heterocycles. The molecule has 0 saturated carbocycles. The van der Waals surface area contributed by atoms with Gasteiger partial charge in [0.2, 0.25) is 0 Å². The molecular weight excluding hydrogens is 202 g/mol. The Morgan fingerprint density at radius 3 is 2.81 bits per heavy atom. The second kappa shape index (κ2) is 4.07. The molecule has 0 aromatic heterocycles. The quantitative estimate of drug-likeness (QED) is 0.716. The molecular formula is C12H9N3O. The summed E-state index contributed by atoms with van der Waals surface area (Å²) in [4.78, 5) is 10.8. The van der Waals surface area contributed by atoms with Gasteiger partial charge in [-0.2, -0.15) is 10.4 Å². The summed E-state index contributed by atoms with van der Waals surface area (Å²) in [6, 6.07) is 7.36. The molecule has 16 heavy (non-hydrogen) atoms. The van der Waals surface area contributed by atoms with Gasteiger partial charge >= 0.3 is 0 Å². The highest BCUT2D eigenvalue weighted by atomic mass is 16.1. The van der Waals surface area contributed by atoms with E-state index in [1.165, 1.54) is 6.08 Å². The van der Waals surface area contributed by atoms with Crippen molar-refractivity contribution in [3.8, 4) is 6.07 Å². The van der Waals surface area contributed by atoms with E-state index < -0.39 is 0 Å². The zero-order chi connectivity index (χ0) is 11.5. The van der Waals surface area contributed by atoms with E-state index in [0.717, 1.165) is 11.1 Å². The smallest absolute Gasteiger partial charge is 0.266 e. The minimum Gasteiger partial charge on any atom is -0.266 e. The summed E-state index contributed by atoms with van der Waals surface area (Å²) in [5, 5.41) is 16.2. The maximum absolute atomic E-state index is 10.8.